The number of aryl methyl sites for hydroxylation is 1. The monoisotopic (exact) mass is 318 g/mol. The number of rotatable bonds is 6. The summed E-state index contributed by atoms with van der Waals surface area (Å²) in [7, 11) is 0. The van der Waals surface area contributed by atoms with Crippen LogP contribution in [0.15, 0.2) is 16.7 Å². The molecular weight excluding hydrogens is 300 g/mol. The molecule has 1 rings (SSSR count). The molecule has 96 valence electrons. The van der Waals surface area contributed by atoms with E-state index in [-0.39, 0.29) is 5.38 Å². The third-order valence-corrected chi connectivity index (χ3v) is 4.43. The average molecular weight is 320 g/mol. The molecule has 0 aliphatic rings. The summed E-state index contributed by atoms with van der Waals surface area (Å²) in [4.78, 5) is 4.31. The number of hydrogen-bond donors (Lipinski definition) is 1. The molecule has 0 amide bonds. The van der Waals surface area contributed by atoms with E-state index >= 15 is 0 Å². The molecule has 17 heavy (non-hydrogen) atoms. The number of halogens is 2. The van der Waals surface area contributed by atoms with Crippen LogP contribution in [0.5, 0.6) is 0 Å². The summed E-state index contributed by atoms with van der Waals surface area (Å²) in [6.07, 6.45) is 4.07. The predicted octanol–water partition coefficient (Wildman–Crippen LogP) is 4.61. The van der Waals surface area contributed by atoms with Crippen LogP contribution in [-0.2, 0) is 0 Å². The van der Waals surface area contributed by atoms with Crippen molar-refractivity contribution in [2.24, 2.45) is 5.92 Å². The molecule has 1 heterocycles. The molecule has 0 aliphatic heterocycles. The largest absolute Gasteiger partial charge is 0.369 e. The third-order valence-electron chi connectivity index (χ3n) is 3.09. The molecule has 0 fully saturated rings. The number of hydrogen-bond acceptors (Lipinski definition) is 2. The van der Waals surface area contributed by atoms with Gasteiger partial charge in [0.1, 0.15) is 5.82 Å². The fraction of sp³-hybridized carbons (Fsp3) is 0.615. The van der Waals surface area contributed by atoms with Gasteiger partial charge in [-0.3, -0.25) is 0 Å². The first-order valence-electron chi connectivity index (χ1n) is 6.08. The van der Waals surface area contributed by atoms with E-state index in [0.29, 0.717) is 5.92 Å². The summed E-state index contributed by atoms with van der Waals surface area (Å²) in [5.41, 5.74) is 1.18. The van der Waals surface area contributed by atoms with Crippen molar-refractivity contribution in [1.82, 2.24) is 4.98 Å². The third kappa shape index (κ3) is 4.47. The Balaban J connectivity index is 2.52. The van der Waals surface area contributed by atoms with Gasteiger partial charge >= 0.3 is 0 Å². The van der Waals surface area contributed by atoms with Crippen molar-refractivity contribution < 1.29 is 0 Å². The molecule has 0 aromatic carbocycles. The van der Waals surface area contributed by atoms with E-state index in [9.17, 15) is 0 Å². The lowest BCUT2D eigenvalue weighted by atomic mass is 9.99. The lowest BCUT2D eigenvalue weighted by Crippen LogP contribution is -2.23. The van der Waals surface area contributed by atoms with Crippen LogP contribution in [0.3, 0.4) is 0 Å². The van der Waals surface area contributed by atoms with Crippen molar-refractivity contribution in [3.05, 3.63) is 22.3 Å². The van der Waals surface area contributed by atoms with E-state index in [4.69, 9.17) is 11.6 Å². The van der Waals surface area contributed by atoms with Gasteiger partial charge in [-0.2, -0.15) is 0 Å². The molecule has 0 spiro atoms. The standard InChI is InChI=1S/C13H20BrClN2/c1-4-10(5-2)12(15)8-17-13-6-9(3)11(14)7-16-13/h6-7,10,12H,4-5,8H2,1-3H3,(H,16,17). The normalized spacial score (nSPS) is 12.8. The maximum atomic E-state index is 6.37. The van der Waals surface area contributed by atoms with Crippen LogP contribution < -0.4 is 5.32 Å². The Bertz CT molecular complexity index is 353. The van der Waals surface area contributed by atoms with Crippen molar-refractivity contribution >= 4 is 33.3 Å². The van der Waals surface area contributed by atoms with Crippen LogP contribution in [0.25, 0.3) is 0 Å². The van der Waals surface area contributed by atoms with Crippen LogP contribution >= 0.6 is 27.5 Å². The molecule has 0 bridgehead atoms. The first kappa shape index (κ1) is 14.8. The van der Waals surface area contributed by atoms with Crippen molar-refractivity contribution in [2.75, 3.05) is 11.9 Å². The van der Waals surface area contributed by atoms with E-state index in [1.165, 1.54) is 5.56 Å². The Hall–Kier alpha value is -0.280. The Morgan fingerprint density at radius 1 is 1.41 bits per heavy atom. The zero-order valence-electron chi connectivity index (χ0n) is 10.6. The number of aromatic nitrogens is 1. The fourth-order valence-corrected chi connectivity index (χ4v) is 2.46. The van der Waals surface area contributed by atoms with Gasteiger partial charge < -0.3 is 5.32 Å². The summed E-state index contributed by atoms with van der Waals surface area (Å²) in [6.45, 7) is 7.19. The summed E-state index contributed by atoms with van der Waals surface area (Å²) >= 11 is 9.81. The van der Waals surface area contributed by atoms with E-state index < -0.39 is 0 Å². The number of anilines is 1. The minimum Gasteiger partial charge on any atom is -0.369 e. The van der Waals surface area contributed by atoms with Gasteiger partial charge in [0.25, 0.3) is 0 Å². The van der Waals surface area contributed by atoms with E-state index in [1.807, 2.05) is 12.3 Å². The van der Waals surface area contributed by atoms with Crippen LogP contribution in [0, 0.1) is 12.8 Å². The zero-order chi connectivity index (χ0) is 12.8. The van der Waals surface area contributed by atoms with Crippen molar-refractivity contribution in [1.29, 1.82) is 0 Å². The van der Waals surface area contributed by atoms with Gasteiger partial charge in [-0.25, -0.2) is 4.98 Å². The molecule has 0 radical (unpaired) electrons. The number of nitrogens with one attached hydrogen (secondary N) is 1. The Morgan fingerprint density at radius 2 is 2.06 bits per heavy atom. The minimum atomic E-state index is 0.163. The molecule has 0 saturated heterocycles. The van der Waals surface area contributed by atoms with Gasteiger partial charge in [-0.05, 0) is 40.4 Å². The average Bonchev–Trinajstić information content (AvgIpc) is 2.32. The van der Waals surface area contributed by atoms with Gasteiger partial charge in [-0.1, -0.05) is 26.7 Å². The second kappa shape index (κ2) is 7.22. The van der Waals surface area contributed by atoms with E-state index in [2.05, 4.69) is 47.0 Å². The second-order valence-electron chi connectivity index (χ2n) is 4.29. The maximum absolute atomic E-state index is 6.37. The molecule has 4 heteroatoms. The van der Waals surface area contributed by atoms with Crippen LogP contribution in [-0.4, -0.2) is 16.9 Å². The first-order valence-corrected chi connectivity index (χ1v) is 7.31. The topological polar surface area (TPSA) is 24.9 Å². The molecule has 0 aliphatic carbocycles. The SMILES string of the molecule is CCC(CC)C(Cl)CNc1cc(C)c(Br)cn1. The highest BCUT2D eigenvalue weighted by atomic mass is 79.9. The zero-order valence-corrected chi connectivity index (χ0v) is 13.0. The van der Waals surface area contributed by atoms with Crippen molar-refractivity contribution in [2.45, 2.75) is 39.0 Å². The maximum Gasteiger partial charge on any atom is 0.126 e. The highest BCUT2D eigenvalue weighted by Gasteiger charge is 2.15. The van der Waals surface area contributed by atoms with Gasteiger partial charge in [0, 0.05) is 17.2 Å². The Morgan fingerprint density at radius 3 is 2.59 bits per heavy atom. The molecule has 1 N–H and O–H groups in total. The van der Waals surface area contributed by atoms with Gasteiger partial charge in [-0.15, -0.1) is 11.6 Å². The first-order chi connectivity index (χ1) is 8.08. The van der Waals surface area contributed by atoms with Crippen molar-refractivity contribution in [3.8, 4) is 0 Å². The molecular formula is C13H20BrClN2. The van der Waals surface area contributed by atoms with Crippen LogP contribution in [0.4, 0.5) is 5.82 Å². The Kier molecular flexibility index (Phi) is 6.28. The predicted molar refractivity (Wildman–Crippen MR) is 78.9 cm³/mol. The quantitative estimate of drug-likeness (QED) is 0.775. The number of pyridine rings is 1. The molecule has 1 aromatic heterocycles. The highest BCUT2D eigenvalue weighted by molar-refractivity contribution is 9.10. The van der Waals surface area contributed by atoms with Crippen molar-refractivity contribution in [3.63, 3.8) is 0 Å². The smallest absolute Gasteiger partial charge is 0.126 e. The molecule has 2 nitrogen and oxygen atoms in total. The molecule has 1 atom stereocenters. The summed E-state index contributed by atoms with van der Waals surface area (Å²) in [5, 5.41) is 3.46. The molecule has 1 aromatic rings. The molecule has 0 saturated carbocycles. The summed E-state index contributed by atoms with van der Waals surface area (Å²) < 4.78 is 1.03. The second-order valence-corrected chi connectivity index (χ2v) is 5.71. The van der Waals surface area contributed by atoms with Gasteiger partial charge in [0.05, 0.1) is 5.38 Å². The summed E-state index contributed by atoms with van der Waals surface area (Å²) in [6, 6.07) is 2.03. The summed E-state index contributed by atoms with van der Waals surface area (Å²) in [5.74, 6) is 1.46. The van der Waals surface area contributed by atoms with Gasteiger partial charge in [0.2, 0.25) is 0 Å². The van der Waals surface area contributed by atoms with Crippen LogP contribution in [0.1, 0.15) is 32.3 Å². The van der Waals surface area contributed by atoms with Gasteiger partial charge in [0.15, 0.2) is 0 Å². The van der Waals surface area contributed by atoms with E-state index in [0.717, 1.165) is 29.7 Å². The van der Waals surface area contributed by atoms with E-state index in [1.54, 1.807) is 0 Å². The van der Waals surface area contributed by atoms with Crippen LogP contribution in [0.2, 0.25) is 0 Å². The lowest BCUT2D eigenvalue weighted by molar-refractivity contribution is 0.475. The lowest BCUT2D eigenvalue weighted by Gasteiger charge is -2.19. The number of nitrogens with zero attached hydrogens (tertiary/aromatic N) is 1. The Labute approximate surface area is 117 Å². The highest BCUT2D eigenvalue weighted by Crippen LogP contribution is 2.20. The molecule has 1 unspecified atom stereocenters. The minimum absolute atomic E-state index is 0.163. The number of alkyl halides is 1. The fourth-order valence-electron chi connectivity index (χ4n) is 1.80.